The van der Waals surface area contributed by atoms with Crippen LogP contribution in [0.25, 0.3) is 0 Å². The molecule has 1 fully saturated rings. The number of aryl methyl sites for hydroxylation is 1. The summed E-state index contributed by atoms with van der Waals surface area (Å²) in [6.45, 7) is 6.24. The first-order valence-electron chi connectivity index (χ1n) is 6.79. The van der Waals surface area contributed by atoms with E-state index in [9.17, 15) is 8.42 Å². The van der Waals surface area contributed by atoms with Gasteiger partial charge in [0, 0.05) is 11.6 Å². The maximum Gasteiger partial charge on any atom is 0.240 e. The fraction of sp³-hybridized carbons (Fsp3) is 0.571. The van der Waals surface area contributed by atoms with Crippen LogP contribution in [0, 0.1) is 12.3 Å². The third-order valence-electron chi connectivity index (χ3n) is 3.93. The summed E-state index contributed by atoms with van der Waals surface area (Å²) in [5.74, 6) is 0. The molecular weight excluding hydrogens is 296 g/mol. The molecule has 1 saturated heterocycles. The lowest BCUT2D eigenvalue weighted by Gasteiger charge is -2.34. The molecule has 1 heterocycles. The largest absolute Gasteiger partial charge is 0.317 e. The lowest BCUT2D eigenvalue weighted by molar-refractivity contribution is 0.232. The fourth-order valence-corrected chi connectivity index (χ4v) is 4.12. The standard InChI is InChI=1S/C14H21ClN2O2S/c1-11-9-12(15)3-4-13(11)20(18,19)17-10-14(2)5-7-16-8-6-14/h3-4,9,16-17H,5-8,10H2,1-2H3. The van der Waals surface area contributed by atoms with Gasteiger partial charge in [-0.1, -0.05) is 18.5 Å². The van der Waals surface area contributed by atoms with E-state index in [1.54, 1.807) is 25.1 Å². The number of sulfonamides is 1. The molecule has 0 aromatic heterocycles. The normalized spacial score (nSPS) is 18.9. The summed E-state index contributed by atoms with van der Waals surface area (Å²) in [4.78, 5) is 0.305. The van der Waals surface area contributed by atoms with Gasteiger partial charge < -0.3 is 5.32 Å². The van der Waals surface area contributed by atoms with Crippen molar-refractivity contribution in [1.29, 1.82) is 0 Å². The Kier molecular flexibility index (Phi) is 4.74. The first-order chi connectivity index (χ1) is 9.32. The van der Waals surface area contributed by atoms with E-state index in [-0.39, 0.29) is 5.41 Å². The van der Waals surface area contributed by atoms with E-state index in [0.29, 0.717) is 22.0 Å². The van der Waals surface area contributed by atoms with E-state index in [0.717, 1.165) is 25.9 Å². The van der Waals surface area contributed by atoms with Gasteiger partial charge in [-0.2, -0.15) is 0 Å². The van der Waals surface area contributed by atoms with E-state index in [1.807, 2.05) is 0 Å². The van der Waals surface area contributed by atoms with Crippen molar-refractivity contribution in [2.45, 2.75) is 31.6 Å². The van der Waals surface area contributed by atoms with Crippen molar-refractivity contribution in [2.24, 2.45) is 5.41 Å². The van der Waals surface area contributed by atoms with Crippen LogP contribution in [0.2, 0.25) is 5.02 Å². The molecule has 0 saturated carbocycles. The van der Waals surface area contributed by atoms with Crippen molar-refractivity contribution in [1.82, 2.24) is 10.0 Å². The van der Waals surface area contributed by atoms with E-state index in [1.165, 1.54) is 0 Å². The Morgan fingerprint density at radius 3 is 2.60 bits per heavy atom. The van der Waals surface area contributed by atoms with E-state index in [2.05, 4.69) is 17.0 Å². The Bertz CT molecular complexity index is 581. The summed E-state index contributed by atoms with van der Waals surface area (Å²) in [7, 11) is -3.47. The number of rotatable bonds is 4. The second-order valence-corrected chi connectivity index (χ2v) is 7.97. The quantitative estimate of drug-likeness (QED) is 0.896. The molecule has 0 radical (unpaired) electrons. The maximum absolute atomic E-state index is 12.4. The molecule has 1 aromatic rings. The van der Waals surface area contributed by atoms with Crippen molar-refractivity contribution in [3.63, 3.8) is 0 Å². The smallest absolute Gasteiger partial charge is 0.240 e. The molecule has 20 heavy (non-hydrogen) atoms. The molecule has 0 atom stereocenters. The number of nitrogens with one attached hydrogen (secondary N) is 2. The Balaban J connectivity index is 2.11. The molecule has 2 rings (SSSR count). The molecule has 6 heteroatoms. The van der Waals surface area contributed by atoms with Crippen LogP contribution in [-0.4, -0.2) is 28.1 Å². The molecule has 0 bridgehead atoms. The Morgan fingerprint density at radius 1 is 1.35 bits per heavy atom. The summed E-state index contributed by atoms with van der Waals surface area (Å²) in [5, 5.41) is 3.84. The molecule has 0 spiro atoms. The zero-order chi connectivity index (χ0) is 14.8. The fourth-order valence-electron chi connectivity index (χ4n) is 2.47. The monoisotopic (exact) mass is 316 g/mol. The summed E-state index contributed by atoms with van der Waals surface area (Å²) >= 11 is 5.87. The van der Waals surface area contributed by atoms with Gasteiger partial charge in [0.15, 0.2) is 0 Å². The van der Waals surface area contributed by atoms with Crippen LogP contribution >= 0.6 is 11.6 Å². The minimum absolute atomic E-state index is 0.0264. The van der Waals surface area contributed by atoms with Gasteiger partial charge in [0.05, 0.1) is 4.90 Å². The van der Waals surface area contributed by atoms with Gasteiger partial charge in [-0.15, -0.1) is 0 Å². The van der Waals surface area contributed by atoms with Crippen LogP contribution in [0.15, 0.2) is 23.1 Å². The second-order valence-electron chi connectivity index (χ2n) is 5.80. The third-order valence-corrected chi connectivity index (χ3v) is 5.72. The summed E-state index contributed by atoms with van der Waals surface area (Å²) in [6, 6.07) is 4.84. The summed E-state index contributed by atoms with van der Waals surface area (Å²) in [5.41, 5.74) is 0.694. The van der Waals surface area contributed by atoms with E-state index in [4.69, 9.17) is 11.6 Å². The molecule has 1 aliphatic rings. The molecular formula is C14H21ClN2O2S. The van der Waals surface area contributed by atoms with Gasteiger partial charge in [0.2, 0.25) is 10.0 Å². The minimum Gasteiger partial charge on any atom is -0.317 e. The first kappa shape index (κ1) is 15.8. The summed E-state index contributed by atoms with van der Waals surface area (Å²) in [6.07, 6.45) is 1.96. The van der Waals surface area contributed by atoms with E-state index >= 15 is 0 Å². The summed E-state index contributed by atoms with van der Waals surface area (Å²) < 4.78 is 27.5. The highest BCUT2D eigenvalue weighted by Gasteiger charge is 2.29. The van der Waals surface area contributed by atoms with Crippen molar-refractivity contribution < 1.29 is 8.42 Å². The number of benzene rings is 1. The van der Waals surface area contributed by atoms with Crippen LogP contribution in [0.3, 0.4) is 0 Å². The number of hydrogen-bond donors (Lipinski definition) is 2. The Labute approximate surface area is 126 Å². The average molecular weight is 317 g/mol. The highest BCUT2D eigenvalue weighted by Crippen LogP contribution is 2.28. The lowest BCUT2D eigenvalue weighted by Crippen LogP contribution is -2.42. The van der Waals surface area contributed by atoms with Crippen LogP contribution < -0.4 is 10.0 Å². The first-order valence-corrected chi connectivity index (χ1v) is 8.65. The lowest BCUT2D eigenvalue weighted by atomic mass is 9.81. The zero-order valence-electron chi connectivity index (χ0n) is 11.9. The number of halogens is 1. The Morgan fingerprint density at radius 2 is 2.00 bits per heavy atom. The molecule has 112 valence electrons. The van der Waals surface area contributed by atoms with Gasteiger partial charge in [-0.05, 0) is 62.0 Å². The SMILES string of the molecule is Cc1cc(Cl)ccc1S(=O)(=O)NCC1(C)CCNCC1. The van der Waals surface area contributed by atoms with Gasteiger partial charge in [0.25, 0.3) is 0 Å². The van der Waals surface area contributed by atoms with Crippen LogP contribution in [-0.2, 0) is 10.0 Å². The predicted octanol–water partition coefficient (Wildman–Crippen LogP) is 2.32. The van der Waals surface area contributed by atoms with Crippen molar-refractivity contribution >= 4 is 21.6 Å². The highest BCUT2D eigenvalue weighted by atomic mass is 35.5. The van der Waals surface area contributed by atoms with E-state index < -0.39 is 10.0 Å². The molecule has 1 aliphatic heterocycles. The molecule has 2 N–H and O–H groups in total. The average Bonchev–Trinajstić information content (AvgIpc) is 2.37. The van der Waals surface area contributed by atoms with Crippen molar-refractivity contribution in [3.8, 4) is 0 Å². The van der Waals surface area contributed by atoms with Crippen molar-refractivity contribution in [2.75, 3.05) is 19.6 Å². The van der Waals surface area contributed by atoms with Gasteiger partial charge >= 0.3 is 0 Å². The third kappa shape index (κ3) is 3.73. The van der Waals surface area contributed by atoms with Crippen LogP contribution in [0.5, 0.6) is 0 Å². The zero-order valence-corrected chi connectivity index (χ0v) is 13.4. The molecule has 0 unspecified atom stereocenters. The predicted molar refractivity (Wildman–Crippen MR) is 81.6 cm³/mol. The highest BCUT2D eigenvalue weighted by molar-refractivity contribution is 7.89. The van der Waals surface area contributed by atoms with Crippen LogP contribution in [0.4, 0.5) is 0 Å². The molecule has 0 amide bonds. The maximum atomic E-state index is 12.4. The number of hydrogen-bond acceptors (Lipinski definition) is 3. The van der Waals surface area contributed by atoms with Gasteiger partial charge in [-0.25, -0.2) is 13.1 Å². The van der Waals surface area contributed by atoms with Crippen LogP contribution in [0.1, 0.15) is 25.3 Å². The Hall–Kier alpha value is -0.620. The number of piperidine rings is 1. The molecule has 1 aromatic carbocycles. The topological polar surface area (TPSA) is 58.2 Å². The second kappa shape index (κ2) is 6.02. The molecule has 4 nitrogen and oxygen atoms in total. The van der Waals surface area contributed by atoms with Crippen molar-refractivity contribution in [3.05, 3.63) is 28.8 Å². The minimum atomic E-state index is -3.47. The van der Waals surface area contributed by atoms with Gasteiger partial charge in [-0.3, -0.25) is 0 Å². The van der Waals surface area contributed by atoms with Gasteiger partial charge in [0.1, 0.15) is 0 Å². The molecule has 0 aliphatic carbocycles.